The van der Waals surface area contributed by atoms with Gasteiger partial charge in [0, 0.05) is 6.54 Å². The molecule has 1 aromatic rings. The van der Waals surface area contributed by atoms with Crippen LogP contribution < -0.4 is 5.32 Å². The zero-order chi connectivity index (χ0) is 13.1. The minimum absolute atomic E-state index is 0.714. The fourth-order valence-corrected chi connectivity index (χ4v) is 3.83. The lowest BCUT2D eigenvalue weighted by Gasteiger charge is -2.38. The second kappa shape index (κ2) is 5.92. The van der Waals surface area contributed by atoms with Crippen LogP contribution in [0.25, 0.3) is 0 Å². The fraction of sp³-hybridized carbons (Fsp3) is 0.556. The van der Waals surface area contributed by atoms with E-state index in [-0.39, 0.29) is 0 Å². The molecule has 0 spiro atoms. The zero-order valence-electron chi connectivity index (χ0n) is 11.9. The van der Waals surface area contributed by atoms with Crippen LogP contribution in [0.4, 0.5) is 0 Å². The maximum absolute atomic E-state index is 3.60. The SMILES string of the molecule is Cc1ccc(C2CNCCC2C2CC=CCC2)cc1. The van der Waals surface area contributed by atoms with Gasteiger partial charge in [-0.05, 0) is 62.5 Å². The van der Waals surface area contributed by atoms with Gasteiger partial charge in [-0.15, -0.1) is 0 Å². The molecule has 1 aliphatic heterocycles. The van der Waals surface area contributed by atoms with Gasteiger partial charge in [-0.3, -0.25) is 0 Å². The largest absolute Gasteiger partial charge is 0.316 e. The maximum Gasteiger partial charge on any atom is 0.00229 e. The summed E-state index contributed by atoms with van der Waals surface area (Å²) in [4.78, 5) is 0. The normalized spacial score (nSPS) is 31.3. The lowest BCUT2D eigenvalue weighted by molar-refractivity contribution is 0.211. The van der Waals surface area contributed by atoms with Crippen LogP contribution in [0.1, 0.15) is 42.7 Å². The van der Waals surface area contributed by atoms with Crippen molar-refractivity contribution in [3.05, 3.63) is 47.5 Å². The van der Waals surface area contributed by atoms with Crippen LogP contribution >= 0.6 is 0 Å². The molecule has 102 valence electrons. The summed E-state index contributed by atoms with van der Waals surface area (Å²) in [5, 5.41) is 3.60. The molecule has 1 fully saturated rings. The first-order valence-corrected chi connectivity index (χ1v) is 7.77. The van der Waals surface area contributed by atoms with Crippen LogP contribution in [0.3, 0.4) is 0 Å². The van der Waals surface area contributed by atoms with Gasteiger partial charge in [-0.1, -0.05) is 42.0 Å². The van der Waals surface area contributed by atoms with E-state index in [1.807, 2.05) is 0 Å². The standard InChI is InChI=1S/C18H25N/c1-14-7-9-16(10-8-14)18-13-19-12-11-17(18)15-5-3-2-4-6-15/h2-3,7-10,15,17-19H,4-6,11-13H2,1H3. The number of rotatable bonds is 2. The minimum atomic E-state index is 0.714. The molecule has 3 atom stereocenters. The molecule has 1 N–H and O–H groups in total. The van der Waals surface area contributed by atoms with Crippen LogP contribution in [0.15, 0.2) is 36.4 Å². The van der Waals surface area contributed by atoms with Crippen molar-refractivity contribution in [2.45, 2.75) is 38.5 Å². The van der Waals surface area contributed by atoms with Gasteiger partial charge in [0.25, 0.3) is 0 Å². The van der Waals surface area contributed by atoms with Crippen molar-refractivity contribution in [2.75, 3.05) is 13.1 Å². The molecular weight excluding hydrogens is 230 g/mol. The highest BCUT2D eigenvalue weighted by atomic mass is 14.9. The molecule has 0 amide bonds. The van der Waals surface area contributed by atoms with E-state index in [9.17, 15) is 0 Å². The molecule has 0 bridgehead atoms. The average Bonchev–Trinajstić information content (AvgIpc) is 2.49. The lowest BCUT2D eigenvalue weighted by Crippen LogP contribution is -2.38. The highest BCUT2D eigenvalue weighted by molar-refractivity contribution is 5.26. The highest BCUT2D eigenvalue weighted by Crippen LogP contribution is 2.39. The molecule has 3 unspecified atom stereocenters. The van der Waals surface area contributed by atoms with Gasteiger partial charge in [-0.2, -0.15) is 0 Å². The van der Waals surface area contributed by atoms with Gasteiger partial charge < -0.3 is 5.32 Å². The smallest absolute Gasteiger partial charge is 0.00229 e. The van der Waals surface area contributed by atoms with E-state index in [0.717, 1.165) is 18.4 Å². The molecule has 1 aliphatic carbocycles. The molecule has 0 radical (unpaired) electrons. The molecule has 1 aromatic carbocycles. The van der Waals surface area contributed by atoms with Crippen molar-refractivity contribution in [3.63, 3.8) is 0 Å². The monoisotopic (exact) mass is 255 g/mol. The Morgan fingerprint density at radius 3 is 2.63 bits per heavy atom. The van der Waals surface area contributed by atoms with Crippen LogP contribution in [0.5, 0.6) is 0 Å². The van der Waals surface area contributed by atoms with E-state index in [1.165, 1.54) is 43.4 Å². The van der Waals surface area contributed by atoms with Crippen molar-refractivity contribution in [1.82, 2.24) is 5.32 Å². The van der Waals surface area contributed by atoms with Gasteiger partial charge in [0.2, 0.25) is 0 Å². The Bertz CT molecular complexity index is 432. The van der Waals surface area contributed by atoms with Crippen LogP contribution in [0.2, 0.25) is 0 Å². The van der Waals surface area contributed by atoms with E-state index in [0.29, 0.717) is 5.92 Å². The van der Waals surface area contributed by atoms with Gasteiger partial charge in [-0.25, -0.2) is 0 Å². The molecule has 3 rings (SSSR count). The Labute approximate surface area is 117 Å². The topological polar surface area (TPSA) is 12.0 Å². The quantitative estimate of drug-likeness (QED) is 0.786. The van der Waals surface area contributed by atoms with E-state index >= 15 is 0 Å². The van der Waals surface area contributed by atoms with Gasteiger partial charge in [0.15, 0.2) is 0 Å². The van der Waals surface area contributed by atoms with Crippen molar-refractivity contribution in [3.8, 4) is 0 Å². The van der Waals surface area contributed by atoms with Gasteiger partial charge in [0.1, 0.15) is 0 Å². The average molecular weight is 255 g/mol. The van der Waals surface area contributed by atoms with Crippen LogP contribution in [-0.4, -0.2) is 13.1 Å². The highest BCUT2D eigenvalue weighted by Gasteiger charge is 2.32. The Hall–Kier alpha value is -1.08. The Kier molecular flexibility index (Phi) is 4.03. The third-order valence-electron chi connectivity index (χ3n) is 4.96. The summed E-state index contributed by atoms with van der Waals surface area (Å²) < 4.78 is 0. The first-order chi connectivity index (χ1) is 9.34. The Morgan fingerprint density at radius 2 is 1.89 bits per heavy atom. The molecule has 0 aromatic heterocycles. The Balaban J connectivity index is 1.80. The zero-order valence-corrected chi connectivity index (χ0v) is 11.9. The third-order valence-corrected chi connectivity index (χ3v) is 4.96. The molecule has 1 heteroatoms. The fourth-order valence-electron chi connectivity index (χ4n) is 3.83. The van der Waals surface area contributed by atoms with Crippen LogP contribution in [-0.2, 0) is 0 Å². The van der Waals surface area contributed by atoms with Crippen molar-refractivity contribution in [2.24, 2.45) is 11.8 Å². The van der Waals surface area contributed by atoms with Crippen molar-refractivity contribution in [1.29, 1.82) is 0 Å². The summed E-state index contributed by atoms with van der Waals surface area (Å²) in [5.41, 5.74) is 2.90. The van der Waals surface area contributed by atoms with E-state index in [2.05, 4.69) is 48.7 Å². The number of aryl methyl sites for hydroxylation is 1. The summed E-state index contributed by atoms with van der Waals surface area (Å²) >= 11 is 0. The molecule has 2 aliphatic rings. The van der Waals surface area contributed by atoms with Crippen molar-refractivity contribution < 1.29 is 0 Å². The summed E-state index contributed by atoms with van der Waals surface area (Å²) in [6, 6.07) is 9.22. The molecular formula is C18H25N. The molecule has 0 saturated carbocycles. The van der Waals surface area contributed by atoms with E-state index in [4.69, 9.17) is 0 Å². The number of piperidine rings is 1. The number of nitrogens with one attached hydrogen (secondary N) is 1. The number of benzene rings is 1. The predicted molar refractivity (Wildman–Crippen MR) is 81.4 cm³/mol. The Morgan fingerprint density at radius 1 is 1.05 bits per heavy atom. The third kappa shape index (κ3) is 2.92. The summed E-state index contributed by atoms with van der Waals surface area (Å²) in [6.45, 7) is 4.54. The summed E-state index contributed by atoms with van der Waals surface area (Å²) in [6.07, 6.45) is 10.1. The number of hydrogen-bond acceptors (Lipinski definition) is 1. The maximum atomic E-state index is 3.60. The summed E-state index contributed by atoms with van der Waals surface area (Å²) in [5.74, 6) is 2.48. The molecule has 1 saturated heterocycles. The van der Waals surface area contributed by atoms with Crippen LogP contribution in [0, 0.1) is 18.8 Å². The molecule has 19 heavy (non-hydrogen) atoms. The molecule has 1 heterocycles. The second-order valence-electron chi connectivity index (χ2n) is 6.22. The number of hydrogen-bond donors (Lipinski definition) is 1. The first kappa shape index (κ1) is 12.9. The summed E-state index contributed by atoms with van der Waals surface area (Å²) in [7, 11) is 0. The van der Waals surface area contributed by atoms with Gasteiger partial charge >= 0.3 is 0 Å². The first-order valence-electron chi connectivity index (χ1n) is 7.77. The van der Waals surface area contributed by atoms with Crippen molar-refractivity contribution >= 4 is 0 Å². The van der Waals surface area contributed by atoms with E-state index in [1.54, 1.807) is 0 Å². The predicted octanol–water partition coefficient (Wildman–Crippen LogP) is 4.04. The van der Waals surface area contributed by atoms with E-state index < -0.39 is 0 Å². The number of allylic oxidation sites excluding steroid dienone is 2. The van der Waals surface area contributed by atoms with Gasteiger partial charge in [0.05, 0.1) is 0 Å². The molecule has 1 nitrogen and oxygen atoms in total. The minimum Gasteiger partial charge on any atom is -0.316 e. The second-order valence-corrected chi connectivity index (χ2v) is 6.22. The lowest BCUT2D eigenvalue weighted by atomic mass is 9.70.